The maximum absolute atomic E-state index is 3.57. The van der Waals surface area contributed by atoms with Crippen molar-refractivity contribution in [3.63, 3.8) is 0 Å². The zero-order valence-corrected chi connectivity index (χ0v) is 12.4. The number of hydrogen-bond donors (Lipinski definition) is 0. The first-order chi connectivity index (χ1) is 7.97. The molecule has 0 amide bonds. The summed E-state index contributed by atoms with van der Waals surface area (Å²) in [5, 5.41) is 0. The van der Waals surface area contributed by atoms with Gasteiger partial charge in [-0.1, -0.05) is 39.7 Å². The fraction of sp³-hybridized carbons (Fsp3) is 0.250. The second kappa shape index (κ2) is 4.66. The molecule has 2 aromatic carbocycles. The van der Waals surface area contributed by atoms with E-state index in [0.717, 1.165) is 4.47 Å². The molecule has 0 unspecified atom stereocenters. The third-order valence-corrected chi connectivity index (χ3v) is 3.47. The molecular formula is C16H17Br. The minimum Gasteiger partial charge on any atom is -0.0557 e. The Morgan fingerprint density at radius 1 is 0.706 bits per heavy atom. The topological polar surface area (TPSA) is 0 Å². The molecule has 0 aliphatic carbocycles. The third kappa shape index (κ3) is 2.61. The molecule has 0 saturated heterocycles. The molecular weight excluding hydrogens is 272 g/mol. The van der Waals surface area contributed by atoms with Crippen molar-refractivity contribution in [2.24, 2.45) is 0 Å². The van der Waals surface area contributed by atoms with E-state index in [1.54, 1.807) is 0 Å². The highest BCUT2D eigenvalue weighted by molar-refractivity contribution is 9.10. The van der Waals surface area contributed by atoms with Crippen molar-refractivity contribution in [1.82, 2.24) is 0 Å². The lowest BCUT2D eigenvalue weighted by atomic mass is 9.93. The van der Waals surface area contributed by atoms with E-state index < -0.39 is 0 Å². The number of halogens is 1. The minimum atomic E-state index is 1.15. The SMILES string of the molecule is Cc1cc(Br)cc(-c2c(C)cc(C)cc2C)c1. The second-order valence-corrected chi connectivity index (χ2v) is 5.71. The Morgan fingerprint density at radius 2 is 1.24 bits per heavy atom. The van der Waals surface area contributed by atoms with Gasteiger partial charge in [0.1, 0.15) is 0 Å². The molecule has 1 heteroatoms. The molecule has 0 bridgehead atoms. The molecule has 0 aliphatic rings. The zero-order chi connectivity index (χ0) is 12.6. The summed E-state index contributed by atoms with van der Waals surface area (Å²) in [5.74, 6) is 0. The minimum absolute atomic E-state index is 1.15. The van der Waals surface area contributed by atoms with Gasteiger partial charge in [0.15, 0.2) is 0 Å². The monoisotopic (exact) mass is 288 g/mol. The Labute approximate surface area is 112 Å². The fourth-order valence-corrected chi connectivity index (χ4v) is 3.12. The molecule has 2 rings (SSSR count). The zero-order valence-electron chi connectivity index (χ0n) is 10.8. The van der Waals surface area contributed by atoms with E-state index in [-0.39, 0.29) is 0 Å². The van der Waals surface area contributed by atoms with E-state index in [1.807, 2.05) is 0 Å². The van der Waals surface area contributed by atoms with Crippen LogP contribution in [0.25, 0.3) is 11.1 Å². The molecule has 0 saturated carbocycles. The number of aryl methyl sites for hydroxylation is 4. The maximum Gasteiger partial charge on any atom is 0.0184 e. The van der Waals surface area contributed by atoms with Crippen LogP contribution in [0.2, 0.25) is 0 Å². The van der Waals surface area contributed by atoms with Gasteiger partial charge in [0, 0.05) is 4.47 Å². The molecule has 2 aromatic rings. The summed E-state index contributed by atoms with van der Waals surface area (Å²) in [5.41, 5.74) is 7.97. The molecule has 0 N–H and O–H groups in total. The van der Waals surface area contributed by atoms with Crippen LogP contribution >= 0.6 is 15.9 Å². The third-order valence-electron chi connectivity index (χ3n) is 3.01. The molecule has 0 aromatic heterocycles. The van der Waals surface area contributed by atoms with E-state index in [2.05, 4.69) is 74.0 Å². The van der Waals surface area contributed by atoms with Crippen molar-refractivity contribution in [1.29, 1.82) is 0 Å². The highest BCUT2D eigenvalue weighted by atomic mass is 79.9. The number of rotatable bonds is 1. The molecule has 88 valence electrons. The molecule has 0 atom stereocenters. The van der Waals surface area contributed by atoms with E-state index in [0.29, 0.717) is 0 Å². The lowest BCUT2D eigenvalue weighted by molar-refractivity contribution is 1.31. The number of hydrogen-bond acceptors (Lipinski definition) is 0. The van der Waals surface area contributed by atoms with Gasteiger partial charge in [0.05, 0.1) is 0 Å². The fourth-order valence-electron chi connectivity index (χ4n) is 2.52. The maximum atomic E-state index is 3.57. The van der Waals surface area contributed by atoms with Crippen LogP contribution in [-0.4, -0.2) is 0 Å². The van der Waals surface area contributed by atoms with Gasteiger partial charge in [-0.2, -0.15) is 0 Å². The van der Waals surface area contributed by atoms with Crippen LogP contribution in [0.3, 0.4) is 0 Å². The summed E-state index contributed by atoms with van der Waals surface area (Å²) in [4.78, 5) is 0. The number of benzene rings is 2. The van der Waals surface area contributed by atoms with Gasteiger partial charge in [0.2, 0.25) is 0 Å². The Balaban J connectivity index is 2.68. The lowest BCUT2D eigenvalue weighted by Gasteiger charge is -2.12. The first kappa shape index (κ1) is 12.4. The van der Waals surface area contributed by atoms with E-state index in [4.69, 9.17) is 0 Å². The average molecular weight is 289 g/mol. The van der Waals surface area contributed by atoms with Crippen LogP contribution in [0.5, 0.6) is 0 Å². The first-order valence-corrected chi connectivity index (χ1v) is 6.62. The molecule has 0 radical (unpaired) electrons. The Hall–Kier alpha value is -1.08. The van der Waals surface area contributed by atoms with Crippen LogP contribution in [0.15, 0.2) is 34.8 Å². The summed E-state index contributed by atoms with van der Waals surface area (Å²) in [7, 11) is 0. The van der Waals surface area contributed by atoms with E-state index in [1.165, 1.54) is 33.4 Å². The lowest BCUT2D eigenvalue weighted by Crippen LogP contribution is -1.90. The van der Waals surface area contributed by atoms with Gasteiger partial charge in [-0.25, -0.2) is 0 Å². The van der Waals surface area contributed by atoms with Gasteiger partial charge in [-0.15, -0.1) is 0 Å². The summed E-state index contributed by atoms with van der Waals surface area (Å²) in [6.07, 6.45) is 0. The molecule has 0 aliphatic heterocycles. The standard InChI is InChI=1S/C16H17Br/c1-10-5-12(3)16(13(4)6-10)14-7-11(2)8-15(17)9-14/h5-9H,1-4H3. The predicted octanol–water partition coefficient (Wildman–Crippen LogP) is 5.35. The van der Waals surface area contributed by atoms with Crippen molar-refractivity contribution in [2.75, 3.05) is 0 Å². The van der Waals surface area contributed by atoms with Crippen molar-refractivity contribution in [3.8, 4) is 11.1 Å². The van der Waals surface area contributed by atoms with Crippen LogP contribution < -0.4 is 0 Å². The van der Waals surface area contributed by atoms with Crippen LogP contribution in [-0.2, 0) is 0 Å². The first-order valence-electron chi connectivity index (χ1n) is 5.83. The molecule has 0 nitrogen and oxygen atoms in total. The van der Waals surface area contributed by atoms with Crippen molar-refractivity contribution < 1.29 is 0 Å². The van der Waals surface area contributed by atoms with Crippen molar-refractivity contribution in [2.45, 2.75) is 27.7 Å². The quantitative estimate of drug-likeness (QED) is 0.664. The van der Waals surface area contributed by atoms with Crippen molar-refractivity contribution in [3.05, 3.63) is 57.1 Å². The Morgan fingerprint density at radius 3 is 1.76 bits per heavy atom. The average Bonchev–Trinajstić information content (AvgIpc) is 2.13. The predicted molar refractivity (Wildman–Crippen MR) is 78.5 cm³/mol. The van der Waals surface area contributed by atoms with Gasteiger partial charge < -0.3 is 0 Å². The summed E-state index contributed by atoms with van der Waals surface area (Å²) in [6, 6.07) is 11.1. The van der Waals surface area contributed by atoms with Gasteiger partial charge in [-0.05, 0) is 67.6 Å². The largest absolute Gasteiger partial charge is 0.0557 e. The Bertz CT molecular complexity index is 524. The van der Waals surface area contributed by atoms with Gasteiger partial charge in [0.25, 0.3) is 0 Å². The van der Waals surface area contributed by atoms with E-state index >= 15 is 0 Å². The molecule has 0 fully saturated rings. The normalized spacial score (nSPS) is 10.6. The van der Waals surface area contributed by atoms with Crippen LogP contribution in [0, 0.1) is 27.7 Å². The Kier molecular flexibility index (Phi) is 3.39. The van der Waals surface area contributed by atoms with E-state index in [9.17, 15) is 0 Å². The second-order valence-electron chi connectivity index (χ2n) is 4.79. The summed E-state index contributed by atoms with van der Waals surface area (Å²) < 4.78 is 1.15. The van der Waals surface area contributed by atoms with Gasteiger partial charge in [-0.3, -0.25) is 0 Å². The summed E-state index contributed by atoms with van der Waals surface area (Å²) >= 11 is 3.57. The molecule has 0 heterocycles. The van der Waals surface area contributed by atoms with Crippen molar-refractivity contribution >= 4 is 15.9 Å². The molecule has 0 spiro atoms. The summed E-state index contributed by atoms with van der Waals surface area (Å²) in [6.45, 7) is 8.65. The molecule has 17 heavy (non-hydrogen) atoms. The highest BCUT2D eigenvalue weighted by Gasteiger charge is 2.07. The van der Waals surface area contributed by atoms with Crippen LogP contribution in [0.4, 0.5) is 0 Å². The van der Waals surface area contributed by atoms with Crippen LogP contribution in [0.1, 0.15) is 22.3 Å². The van der Waals surface area contributed by atoms with Gasteiger partial charge >= 0.3 is 0 Å². The smallest absolute Gasteiger partial charge is 0.0184 e. The highest BCUT2D eigenvalue weighted by Crippen LogP contribution is 2.31.